The van der Waals surface area contributed by atoms with Gasteiger partial charge < -0.3 is 14.7 Å². The van der Waals surface area contributed by atoms with E-state index in [2.05, 4.69) is 0 Å². The highest BCUT2D eigenvalue weighted by atomic mass is 32.2. The lowest BCUT2D eigenvalue weighted by molar-refractivity contribution is 0.0696. The summed E-state index contributed by atoms with van der Waals surface area (Å²) in [5, 5.41) is 8.87. The zero-order valence-electron chi connectivity index (χ0n) is 12.3. The molecule has 0 unspecified atom stereocenters. The summed E-state index contributed by atoms with van der Waals surface area (Å²) in [6.45, 7) is 1.66. The van der Waals surface area contributed by atoms with Gasteiger partial charge in [-0.1, -0.05) is 6.07 Å². The summed E-state index contributed by atoms with van der Waals surface area (Å²) in [4.78, 5) is 12.7. The topological polar surface area (TPSA) is 83.9 Å². The molecule has 21 heavy (non-hydrogen) atoms. The van der Waals surface area contributed by atoms with E-state index in [0.717, 1.165) is 6.42 Å². The number of ether oxygens (including phenoxy) is 1. The Morgan fingerprint density at radius 1 is 1.33 bits per heavy atom. The fourth-order valence-electron chi connectivity index (χ4n) is 1.68. The van der Waals surface area contributed by atoms with Crippen molar-refractivity contribution in [3.63, 3.8) is 0 Å². The van der Waals surface area contributed by atoms with Crippen LogP contribution in [-0.2, 0) is 9.84 Å². The molecular weight excluding hydrogens is 294 g/mol. The van der Waals surface area contributed by atoms with Gasteiger partial charge in [0.25, 0.3) is 0 Å². The standard InChI is InChI=1S/C14H21NO5S/c1-15(8-10-21(2,18)19)7-4-9-20-13-6-3-5-12(11-13)14(16)17/h3,5-6,11H,4,7-10H2,1-2H3,(H,16,17). The van der Waals surface area contributed by atoms with Crippen LogP contribution in [0.2, 0.25) is 0 Å². The average Bonchev–Trinajstić information content (AvgIpc) is 2.41. The van der Waals surface area contributed by atoms with Crippen LogP contribution in [0.15, 0.2) is 24.3 Å². The first kappa shape index (κ1) is 17.5. The third kappa shape index (κ3) is 7.67. The predicted molar refractivity (Wildman–Crippen MR) is 80.7 cm³/mol. The van der Waals surface area contributed by atoms with Gasteiger partial charge in [0.1, 0.15) is 15.6 Å². The molecule has 1 rings (SSSR count). The summed E-state index contributed by atoms with van der Waals surface area (Å²) in [6, 6.07) is 6.33. The second-order valence-electron chi connectivity index (χ2n) is 4.97. The zero-order valence-corrected chi connectivity index (χ0v) is 13.1. The maximum Gasteiger partial charge on any atom is 0.335 e. The Morgan fingerprint density at radius 3 is 2.67 bits per heavy atom. The highest BCUT2D eigenvalue weighted by Crippen LogP contribution is 2.13. The number of carboxylic acid groups (broad SMARTS) is 1. The summed E-state index contributed by atoms with van der Waals surface area (Å²) in [6.07, 6.45) is 1.96. The van der Waals surface area contributed by atoms with Gasteiger partial charge in [-0.3, -0.25) is 0 Å². The molecule has 0 radical (unpaired) electrons. The number of benzene rings is 1. The highest BCUT2D eigenvalue weighted by Gasteiger charge is 2.06. The summed E-state index contributed by atoms with van der Waals surface area (Å²) >= 11 is 0. The molecule has 0 spiro atoms. The summed E-state index contributed by atoms with van der Waals surface area (Å²) in [7, 11) is -1.08. The largest absolute Gasteiger partial charge is 0.494 e. The molecule has 0 atom stereocenters. The van der Waals surface area contributed by atoms with Crippen molar-refractivity contribution in [2.24, 2.45) is 0 Å². The fourth-order valence-corrected chi connectivity index (χ4v) is 2.32. The van der Waals surface area contributed by atoms with E-state index in [1.165, 1.54) is 18.4 Å². The minimum absolute atomic E-state index is 0.144. The first-order valence-corrected chi connectivity index (χ1v) is 8.66. The van der Waals surface area contributed by atoms with E-state index in [-0.39, 0.29) is 11.3 Å². The SMILES string of the molecule is CN(CCCOc1cccc(C(=O)O)c1)CCS(C)(=O)=O. The molecule has 0 aliphatic rings. The van der Waals surface area contributed by atoms with E-state index in [0.29, 0.717) is 25.4 Å². The summed E-state index contributed by atoms with van der Waals surface area (Å²) in [5.41, 5.74) is 0.192. The molecular formula is C14H21NO5S. The Morgan fingerprint density at radius 2 is 2.05 bits per heavy atom. The smallest absolute Gasteiger partial charge is 0.335 e. The van der Waals surface area contributed by atoms with Gasteiger partial charge in [-0.2, -0.15) is 0 Å². The van der Waals surface area contributed by atoms with Crippen LogP contribution in [0.1, 0.15) is 16.8 Å². The van der Waals surface area contributed by atoms with Crippen molar-refractivity contribution in [3.05, 3.63) is 29.8 Å². The van der Waals surface area contributed by atoms with E-state index in [4.69, 9.17) is 9.84 Å². The predicted octanol–water partition coefficient (Wildman–Crippen LogP) is 1.13. The van der Waals surface area contributed by atoms with Gasteiger partial charge in [-0.25, -0.2) is 13.2 Å². The molecule has 0 saturated heterocycles. The lowest BCUT2D eigenvalue weighted by Gasteiger charge is -2.16. The minimum Gasteiger partial charge on any atom is -0.494 e. The third-order valence-corrected chi connectivity index (χ3v) is 3.80. The van der Waals surface area contributed by atoms with Crippen LogP contribution >= 0.6 is 0 Å². The van der Waals surface area contributed by atoms with Crippen molar-refractivity contribution in [3.8, 4) is 5.75 Å². The van der Waals surface area contributed by atoms with Crippen molar-refractivity contribution in [1.82, 2.24) is 4.90 Å². The quantitative estimate of drug-likeness (QED) is 0.688. The van der Waals surface area contributed by atoms with Gasteiger partial charge in [-0.05, 0) is 31.7 Å². The molecule has 0 heterocycles. The number of hydrogen-bond acceptors (Lipinski definition) is 5. The molecule has 0 amide bonds. The second-order valence-corrected chi connectivity index (χ2v) is 7.23. The van der Waals surface area contributed by atoms with Crippen LogP contribution in [0.5, 0.6) is 5.75 Å². The number of carboxylic acids is 1. The van der Waals surface area contributed by atoms with Crippen LogP contribution < -0.4 is 4.74 Å². The number of nitrogens with zero attached hydrogens (tertiary/aromatic N) is 1. The number of rotatable bonds is 9. The molecule has 0 fully saturated rings. The Labute approximate surface area is 125 Å². The molecule has 118 valence electrons. The van der Waals surface area contributed by atoms with Crippen LogP contribution in [0.25, 0.3) is 0 Å². The van der Waals surface area contributed by atoms with E-state index >= 15 is 0 Å². The molecule has 1 aromatic carbocycles. The first-order chi connectivity index (χ1) is 9.78. The van der Waals surface area contributed by atoms with Gasteiger partial charge in [0.2, 0.25) is 0 Å². The molecule has 0 aliphatic carbocycles. The van der Waals surface area contributed by atoms with Gasteiger partial charge in [0.15, 0.2) is 0 Å². The summed E-state index contributed by atoms with van der Waals surface area (Å²) < 4.78 is 27.6. The van der Waals surface area contributed by atoms with Crippen molar-refractivity contribution in [1.29, 1.82) is 0 Å². The maximum absolute atomic E-state index is 11.0. The van der Waals surface area contributed by atoms with Gasteiger partial charge in [-0.15, -0.1) is 0 Å². The molecule has 0 saturated carbocycles. The van der Waals surface area contributed by atoms with Crippen molar-refractivity contribution in [2.75, 3.05) is 38.8 Å². The molecule has 0 aromatic heterocycles. The lowest BCUT2D eigenvalue weighted by Crippen LogP contribution is -2.27. The first-order valence-electron chi connectivity index (χ1n) is 6.60. The van der Waals surface area contributed by atoms with Gasteiger partial charge in [0.05, 0.1) is 17.9 Å². The van der Waals surface area contributed by atoms with Crippen LogP contribution in [0, 0.1) is 0 Å². The Hall–Kier alpha value is -1.60. The molecule has 1 N–H and O–H groups in total. The summed E-state index contributed by atoms with van der Waals surface area (Å²) in [5.74, 6) is -0.319. The Kier molecular flexibility index (Phi) is 6.64. The van der Waals surface area contributed by atoms with Crippen molar-refractivity contribution in [2.45, 2.75) is 6.42 Å². The number of hydrogen-bond donors (Lipinski definition) is 1. The normalized spacial score (nSPS) is 11.6. The Bertz CT molecular complexity index is 570. The molecule has 7 heteroatoms. The highest BCUT2D eigenvalue weighted by molar-refractivity contribution is 7.90. The third-order valence-electron chi connectivity index (χ3n) is 2.88. The van der Waals surface area contributed by atoms with E-state index < -0.39 is 15.8 Å². The van der Waals surface area contributed by atoms with Crippen molar-refractivity contribution >= 4 is 15.8 Å². The maximum atomic E-state index is 11.0. The fraction of sp³-hybridized carbons (Fsp3) is 0.500. The molecule has 0 aliphatic heterocycles. The molecule has 0 bridgehead atoms. The minimum atomic E-state index is -2.93. The van der Waals surface area contributed by atoms with E-state index in [9.17, 15) is 13.2 Å². The molecule has 1 aromatic rings. The van der Waals surface area contributed by atoms with E-state index in [1.807, 2.05) is 11.9 Å². The van der Waals surface area contributed by atoms with E-state index in [1.54, 1.807) is 12.1 Å². The lowest BCUT2D eigenvalue weighted by atomic mass is 10.2. The average molecular weight is 315 g/mol. The van der Waals surface area contributed by atoms with Gasteiger partial charge >= 0.3 is 5.97 Å². The van der Waals surface area contributed by atoms with Crippen LogP contribution in [0.3, 0.4) is 0 Å². The van der Waals surface area contributed by atoms with Crippen LogP contribution in [-0.4, -0.2) is 63.1 Å². The van der Waals surface area contributed by atoms with Crippen molar-refractivity contribution < 1.29 is 23.1 Å². The number of carbonyl (C=O) groups is 1. The van der Waals surface area contributed by atoms with Crippen LogP contribution in [0.4, 0.5) is 0 Å². The number of aromatic carboxylic acids is 1. The second kappa shape index (κ2) is 7.99. The zero-order chi connectivity index (χ0) is 15.9. The number of sulfone groups is 1. The van der Waals surface area contributed by atoms with Gasteiger partial charge in [0, 0.05) is 19.3 Å². The monoisotopic (exact) mass is 315 g/mol. The molecule has 6 nitrogen and oxygen atoms in total. The Balaban J connectivity index is 2.28.